The lowest BCUT2D eigenvalue weighted by Crippen LogP contribution is -2.33. The molecule has 1 atom stereocenters. The van der Waals surface area contributed by atoms with Crippen LogP contribution in [0.4, 0.5) is 0 Å². The summed E-state index contributed by atoms with van der Waals surface area (Å²) in [5, 5.41) is 3.51. The van der Waals surface area contributed by atoms with Gasteiger partial charge in [-0.2, -0.15) is 0 Å². The van der Waals surface area contributed by atoms with E-state index in [0.717, 1.165) is 25.0 Å². The SMILES string of the molecule is CCCCCCCOC(Cc1ccccc1)NCc1ccc(C(=O)OC)cc1. The third-order valence-electron chi connectivity index (χ3n) is 4.74. The average molecular weight is 384 g/mol. The molecule has 0 fully saturated rings. The molecule has 1 unspecified atom stereocenters. The second-order valence-corrected chi connectivity index (χ2v) is 7.03. The minimum atomic E-state index is -0.312. The highest BCUT2D eigenvalue weighted by molar-refractivity contribution is 5.89. The van der Waals surface area contributed by atoms with Gasteiger partial charge in [0.2, 0.25) is 0 Å². The molecule has 0 radical (unpaired) electrons. The average Bonchev–Trinajstić information content (AvgIpc) is 2.74. The molecule has 152 valence electrons. The summed E-state index contributed by atoms with van der Waals surface area (Å²) in [6.45, 7) is 3.69. The van der Waals surface area contributed by atoms with Gasteiger partial charge in [0.1, 0.15) is 6.23 Å². The number of nitrogens with one attached hydrogen (secondary N) is 1. The Morgan fingerprint density at radius 2 is 1.64 bits per heavy atom. The molecule has 0 amide bonds. The summed E-state index contributed by atoms with van der Waals surface area (Å²) >= 11 is 0. The van der Waals surface area contributed by atoms with Gasteiger partial charge < -0.3 is 9.47 Å². The van der Waals surface area contributed by atoms with E-state index in [1.165, 1.54) is 38.4 Å². The molecule has 2 aromatic carbocycles. The third-order valence-corrected chi connectivity index (χ3v) is 4.74. The fraction of sp³-hybridized carbons (Fsp3) is 0.458. The van der Waals surface area contributed by atoms with Gasteiger partial charge in [-0.25, -0.2) is 4.79 Å². The molecule has 4 nitrogen and oxygen atoms in total. The van der Waals surface area contributed by atoms with Crippen molar-refractivity contribution in [3.63, 3.8) is 0 Å². The van der Waals surface area contributed by atoms with Gasteiger partial charge in [0.25, 0.3) is 0 Å². The monoisotopic (exact) mass is 383 g/mol. The quantitative estimate of drug-likeness (QED) is 0.296. The Hall–Kier alpha value is -2.17. The number of benzene rings is 2. The molecule has 2 aromatic rings. The van der Waals surface area contributed by atoms with Crippen LogP contribution in [0.15, 0.2) is 54.6 Å². The van der Waals surface area contributed by atoms with Gasteiger partial charge in [-0.3, -0.25) is 5.32 Å². The molecule has 0 saturated heterocycles. The number of methoxy groups -OCH3 is 1. The number of ether oxygens (including phenoxy) is 2. The molecule has 0 spiro atoms. The fourth-order valence-corrected chi connectivity index (χ4v) is 3.06. The zero-order valence-corrected chi connectivity index (χ0v) is 17.2. The largest absolute Gasteiger partial charge is 0.465 e. The number of esters is 1. The zero-order valence-electron chi connectivity index (χ0n) is 17.2. The van der Waals surface area contributed by atoms with Gasteiger partial charge in [-0.1, -0.05) is 75.1 Å². The first-order valence-electron chi connectivity index (χ1n) is 10.3. The maximum atomic E-state index is 11.5. The summed E-state index contributed by atoms with van der Waals surface area (Å²) in [6, 6.07) is 17.9. The summed E-state index contributed by atoms with van der Waals surface area (Å²) in [5.74, 6) is -0.312. The molecule has 0 aromatic heterocycles. The molecule has 0 aliphatic rings. The molecule has 0 aliphatic heterocycles. The molecule has 4 heteroatoms. The van der Waals surface area contributed by atoms with Crippen molar-refractivity contribution >= 4 is 5.97 Å². The molecule has 0 saturated carbocycles. The van der Waals surface area contributed by atoms with E-state index in [9.17, 15) is 4.79 Å². The summed E-state index contributed by atoms with van der Waals surface area (Å²) < 4.78 is 10.9. The molecule has 0 heterocycles. The summed E-state index contributed by atoms with van der Waals surface area (Å²) in [5.41, 5.74) is 2.93. The maximum absolute atomic E-state index is 11.5. The van der Waals surface area contributed by atoms with Gasteiger partial charge in [-0.15, -0.1) is 0 Å². The van der Waals surface area contributed by atoms with E-state index in [4.69, 9.17) is 9.47 Å². The van der Waals surface area contributed by atoms with Crippen LogP contribution in [-0.2, 0) is 22.4 Å². The smallest absolute Gasteiger partial charge is 0.337 e. The van der Waals surface area contributed by atoms with Crippen molar-refractivity contribution in [3.05, 3.63) is 71.3 Å². The van der Waals surface area contributed by atoms with Gasteiger partial charge in [0.05, 0.1) is 12.7 Å². The first-order valence-corrected chi connectivity index (χ1v) is 10.3. The fourth-order valence-electron chi connectivity index (χ4n) is 3.06. The topological polar surface area (TPSA) is 47.6 Å². The Morgan fingerprint density at radius 1 is 0.929 bits per heavy atom. The number of carbonyl (C=O) groups excluding carboxylic acids is 1. The molecule has 2 rings (SSSR count). The highest BCUT2D eigenvalue weighted by atomic mass is 16.5. The van der Waals surface area contributed by atoms with E-state index in [2.05, 4.69) is 36.5 Å². The second-order valence-electron chi connectivity index (χ2n) is 7.03. The van der Waals surface area contributed by atoms with E-state index in [1.54, 1.807) is 12.1 Å². The number of rotatable bonds is 13. The van der Waals surface area contributed by atoms with Crippen LogP contribution in [0, 0.1) is 0 Å². The van der Waals surface area contributed by atoms with Gasteiger partial charge in [0.15, 0.2) is 0 Å². The highest BCUT2D eigenvalue weighted by Gasteiger charge is 2.10. The maximum Gasteiger partial charge on any atom is 0.337 e. The Kier molecular flexibility index (Phi) is 10.3. The Morgan fingerprint density at radius 3 is 2.32 bits per heavy atom. The van der Waals surface area contributed by atoms with Crippen LogP contribution in [0.3, 0.4) is 0 Å². The van der Waals surface area contributed by atoms with Gasteiger partial charge in [0, 0.05) is 19.6 Å². The predicted molar refractivity (Wildman–Crippen MR) is 113 cm³/mol. The van der Waals surface area contributed by atoms with Crippen LogP contribution in [-0.4, -0.2) is 25.9 Å². The van der Waals surface area contributed by atoms with Crippen LogP contribution in [0.25, 0.3) is 0 Å². The second kappa shape index (κ2) is 13.1. The van der Waals surface area contributed by atoms with Crippen molar-refractivity contribution < 1.29 is 14.3 Å². The van der Waals surface area contributed by atoms with E-state index >= 15 is 0 Å². The standard InChI is InChI=1S/C24H33NO3/c1-3-4-5-6-10-17-28-23(18-20-11-8-7-9-12-20)25-19-21-13-15-22(16-14-21)24(26)27-2/h7-9,11-16,23,25H,3-6,10,17-19H2,1-2H3. The lowest BCUT2D eigenvalue weighted by molar-refractivity contribution is 0.0264. The molecule has 1 N–H and O–H groups in total. The number of hydrogen-bond donors (Lipinski definition) is 1. The molecule has 0 bridgehead atoms. The van der Waals surface area contributed by atoms with E-state index in [1.807, 2.05) is 18.2 Å². The molecule has 0 aliphatic carbocycles. The minimum Gasteiger partial charge on any atom is -0.465 e. The van der Waals surface area contributed by atoms with Gasteiger partial charge >= 0.3 is 5.97 Å². The number of unbranched alkanes of at least 4 members (excludes halogenated alkanes) is 4. The van der Waals surface area contributed by atoms with Crippen LogP contribution in [0.5, 0.6) is 0 Å². The lowest BCUT2D eigenvalue weighted by atomic mass is 10.1. The van der Waals surface area contributed by atoms with Gasteiger partial charge in [-0.05, 0) is 29.7 Å². The van der Waals surface area contributed by atoms with E-state index < -0.39 is 0 Å². The summed E-state index contributed by atoms with van der Waals surface area (Å²) in [6.07, 6.45) is 6.95. The van der Waals surface area contributed by atoms with Crippen molar-refractivity contribution in [2.45, 2.75) is 58.2 Å². The third kappa shape index (κ3) is 8.24. The summed E-state index contributed by atoms with van der Waals surface area (Å²) in [4.78, 5) is 11.5. The van der Waals surface area contributed by atoms with Crippen molar-refractivity contribution in [2.24, 2.45) is 0 Å². The molecule has 28 heavy (non-hydrogen) atoms. The van der Waals surface area contributed by atoms with Crippen molar-refractivity contribution in [1.29, 1.82) is 0 Å². The van der Waals surface area contributed by atoms with Crippen LogP contribution in [0.1, 0.15) is 60.5 Å². The Labute approximate surface area is 169 Å². The van der Waals surface area contributed by atoms with E-state index in [-0.39, 0.29) is 12.2 Å². The van der Waals surface area contributed by atoms with E-state index in [0.29, 0.717) is 12.1 Å². The zero-order chi connectivity index (χ0) is 20.0. The van der Waals surface area contributed by atoms with Crippen LogP contribution in [0.2, 0.25) is 0 Å². The molecular formula is C24H33NO3. The Balaban J connectivity index is 1.86. The van der Waals surface area contributed by atoms with Crippen molar-refractivity contribution in [1.82, 2.24) is 5.32 Å². The van der Waals surface area contributed by atoms with Crippen LogP contribution < -0.4 is 5.32 Å². The first kappa shape index (κ1) is 22.1. The van der Waals surface area contributed by atoms with Crippen LogP contribution >= 0.6 is 0 Å². The first-order chi connectivity index (χ1) is 13.7. The Bertz CT molecular complexity index is 670. The molecular weight excluding hydrogens is 350 g/mol. The summed E-state index contributed by atoms with van der Waals surface area (Å²) in [7, 11) is 1.39. The predicted octanol–water partition coefficient (Wildman–Crippen LogP) is 5.12. The number of hydrogen-bond acceptors (Lipinski definition) is 4. The van der Waals surface area contributed by atoms with Crippen molar-refractivity contribution in [2.75, 3.05) is 13.7 Å². The van der Waals surface area contributed by atoms with Crippen molar-refractivity contribution in [3.8, 4) is 0 Å². The highest BCUT2D eigenvalue weighted by Crippen LogP contribution is 2.10. The lowest BCUT2D eigenvalue weighted by Gasteiger charge is -2.20. The minimum absolute atomic E-state index is 0.0335. The number of carbonyl (C=O) groups is 1. The normalized spacial score (nSPS) is 11.9.